The van der Waals surface area contributed by atoms with Gasteiger partial charge >= 0.3 is 0 Å². The molecule has 21 heavy (non-hydrogen) atoms. The predicted molar refractivity (Wildman–Crippen MR) is 89.9 cm³/mol. The van der Waals surface area contributed by atoms with Gasteiger partial charge in [0, 0.05) is 38.4 Å². The van der Waals surface area contributed by atoms with Crippen molar-refractivity contribution in [2.75, 3.05) is 44.2 Å². The number of nitrogens with one attached hydrogen (secondary N) is 1. The van der Waals surface area contributed by atoms with E-state index in [2.05, 4.69) is 48.0 Å². The molecule has 0 spiro atoms. The summed E-state index contributed by atoms with van der Waals surface area (Å²) >= 11 is 0. The van der Waals surface area contributed by atoms with Crippen LogP contribution in [0, 0.1) is 0 Å². The number of rotatable bonds is 7. The van der Waals surface area contributed by atoms with E-state index in [1.54, 1.807) is 0 Å². The lowest BCUT2D eigenvalue weighted by Gasteiger charge is -2.35. The molecular formula is C17H30N4. The van der Waals surface area contributed by atoms with Crippen molar-refractivity contribution >= 4 is 5.82 Å². The molecule has 2 rings (SSSR count). The molecule has 118 valence electrons. The third-order valence-corrected chi connectivity index (χ3v) is 4.10. The molecule has 1 N–H and O–H groups in total. The van der Waals surface area contributed by atoms with Crippen LogP contribution in [-0.4, -0.2) is 49.2 Å². The fourth-order valence-corrected chi connectivity index (χ4v) is 2.86. The molecule has 4 nitrogen and oxygen atoms in total. The Morgan fingerprint density at radius 1 is 1.10 bits per heavy atom. The van der Waals surface area contributed by atoms with E-state index in [4.69, 9.17) is 4.98 Å². The van der Waals surface area contributed by atoms with Gasteiger partial charge in [0.25, 0.3) is 0 Å². The normalized spacial score (nSPS) is 16.4. The third kappa shape index (κ3) is 4.68. The Balaban J connectivity index is 2.04. The first-order chi connectivity index (χ1) is 10.3. The molecule has 0 amide bonds. The summed E-state index contributed by atoms with van der Waals surface area (Å²) < 4.78 is 0. The second-order valence-corrected chi connectivity index (χ2v) is 5.79. The Labute approximate surface area is 129 Å². The second kappa shape index (κ2) is 8.35. The molecule has 0 bridgehead atoms. The summed E-state index contributed by atoms with van der Waals surface area (Å²) in [6.45, 7) is 14.3. The topological polar surface area (TPSA) is 31.4 Å². The van der Waals surface area contributed by atoms with Crippen molar-refractivity contribution in [3.63, 3.8) is 0 Å². The van der Waals surface area contributed by atoms with E-state index in [0.717, 1.165) is 45.7 Å². The first-order valence-corrected chi connectivity index (χ1v) is 8.44. The number of hydrogen-bond acceptors (Lipinski definition) is 4. The zero-order chi connectivity index (χ0) is 15.1. The van der Waals surface area contributed by atoms with Gasteiger partial charge in [-0.15, -0.1) is 0 Å². The quantitative estimate of drug-likeness (QED) is 0.835. The van der Waals surface area contributed by atoms with Gasteiger partial charge in [-0.1, -0.05) is 20.8 Å². The Morgan fingerprint density at radius 2 is 1.86 bits per heavy atom. The Kier molecular flexibility index (Phi) is 6.46. The minimum Gasteiger partial charge on any atom is -0.354 e. The molecule has 1 aliphatic rings. The van der Waals surface area contributed by atoms with E-state index in [0.29, 0.717) is 0 Å². The zero-order valence-corrected chi connectivity index (χ0v) is 13.9. The summed E-state index contributed by atoms with van der Waals surface area (Å²) in [5, 5.41) is 3.42. The van der Waals surface area contributed by atoms with E-state index >= 15 is 0 Å². The standard InChI is InChI=1S/C17H30N4/c1-4-7-20-8-10-21(11-9-20)17-13-15(14-18-6-3)12-16(5-2)19-17/h12-13,18H,4-11,14H2,1-3H3. The molecule has 4 heteroatoms. The fraction of sp³-hybridized carbons (Fsp3) is 0.706. The first kappa shape index (κ1) is 16.2. The Morgan fingerprint density at radius 3 is 2.48 bits per heavy atom. The average molecular weight is 290 g/mol. The van der Waals surface area contributed by atoms with Gasteiger partial charge in [-0.25, -0.2) is 4.98 Å². The molecule has 1 aliphatic heterocycles. The predicted octanol–water partition coefficient (Wildman–Crippen LogP) is 2.29. The van der Waals surface area contributed by atoms with Gasteiger partial charge in [0.1, 0.15) is 5.82 Å². The number of hydrogen-bond donors (Lipinski definition) is 1. The van der Waals surface area contributed by atoms with Crippen LogP contribution >= 0.6 is 0 Å². The van der Waals surface area contributed by atoms with Crippen LogP contribution in [0.5, 0.6) is 0 Å². The number of aryl methyl sites for hydroxylation is 1. The lowest BCUT2D eigenvalue weighted by molar-refractivity contribution is 0.258. The van der Waals surface area contributed by atoms with Crippen LogP contribution in [0.1, 0.15) is 38.4 Å². The largest absolute Gasteiger partial charge is 0.354 e. The number of piperazine rings is 1. The number of pyridine rings is 1. The molecule has 2 heterocycles. The average Bonchev–Trinajstić information content (AvgIpc) is 2.53. The van der Waals surface area contributed by atoms with E-state index in [1.807, 2.05) is 0 Å². The van der Waals surface area contributed by atoms with Gasteiger partial charge in [-0.05, 0) is 43.6 Å². The van der Waals surface area contributed by atoms with Crippen LogP contribution in [0.2, 0.25) is 0 Å². The van der Waals surface area contributed by atoms with E-state index in [-0.39, 0.29) is 0 Å². The highest BCUT2D eigenvalue weighted by Gasteiger charge is 2.18. The molecule has 1 fully saturated rings. The second-order valence-electron chi connectivity index (χ2n) is 5.79. The van der Waals surface area contributed by atoms with Crippen molar-refractivity contribution in [1.29, 1.82) is 0 Å². The van der Waals surface area contributed by atoms with Crippen molar-refractivity contribution in [2.24, 2.45) is 0 Å². The lowest BCUT2D eigenvalue weighted by Crippen LogP contribution is -2.46. The third-order valence-electron chi connectivity index (χ3n) is 4.10. The van der Waals surface area contributed by atoms with Crippen molar-refractivity contribution in [2.45, 2.75) is 40.2 Å². The van der Waals surface area contributed by atoms with E-state index < -0.39 is 0 Å². The number of aromatic nitrogens is 1. The monoisotopic (exact) mass is 290 g/mol. The first-order valence-electron chi connectivity index (χ1n) is 8.44. The molecule has 0 aromatic carbocycles. The molecular weight excluding hydrogens is 260 g/mol. The molecule has 0 atom stereocenters. The van der Waals surface area contributed by atoms with E-state index in [9.17, 15) is 0 Å². The van der Waals surface area contributed by atoms with Gasteiger partial charge in [0.2, 0.25) is 0 Å². The summed E-state index contributed by atoms with van der Waals surface area (Å²) in [5.74, 6) is 1.17. The number of nitrogens with zero attached hydrogens (tertiary/aromatic N) is 3. The smallest absolute Gasteiger partial charge is 0.129 e. The SMILES string of the molecule is CCCN1CCN(c2cc(CNCC)cc(CC)n2)CC1. The van der Waals surface area contributed by atoms with Gasteiger partial charge in [0.15, 0.2) is 0 Å². The van der Waals surface area contributed by atoms with Crippen LogP contribution < -0.4 is 10.2 Å². The molecule has 0 saturated carbocycles. The van der Waals surface area contributed by atoms with Gasteiger partial charge in [-0.3, -0.25) is 4.90 Å². The van der Waals surface area contributed by atoms with Crippen molar-refractivity contribution in [1.82, 2.24) is 15.2 Å². The van der Waals surface area contributed by atoms with Crippen LogP contribution in [0.15, 0.2) is 12.1 Å². The van der Waals surface area contributed by atoms with Crippen molar-refractivity contribution in [3.8, 4) is 0 Å². The lowest BCUT2D eigenvalue weighted by atomic mass is 10.1. The fourth-order valence-electron chi connectivity index (χ4n) is 2.86. The van der Waals surface area contributed by atoms with Crippen LogP contribution in [0.3, 0.4) is 0 Å². The van der Waals surface area contributed by atoms with Crippen molar-refractivity contribution in [3.05, 3.63) is 23.4 Å². The van der Waals surface area contributed by atoms with Crippen LogP contribution in [0.4, 0.5) is 5.82 Å². The highest BCUT2D eigenvalue weighted by Crippen LogP contribution is 2.18. The highest BCUT2D eigenvalue weighted by molar-refractivity contribution is 5.43. The van der Waals surface area contributed by atoms with Gasteiger partial charge < -0.3 is 10.2 Å². The summed E-state index contributed by atoms with van der Waals surface area (Å²) in [7, 11) is 0. The van der Waals surface area contributed by atoms with Crippen LogP contribution in [-0.2, 0) is 13.0 Å². The van der Waals surface area contributed by atoms with Crippen LogP contribution in [0.25, 0.3) is 0 Å². The van der Waals surface area contributed by atoms with Gasteiger partial charge in [-0.2, -0.15) is 0 Å². The summed E-state index contributed by atoms with van der Waals surface area (Å²) in [6, 6.07) is 4.50. The van der Waals surface area contributed by atoms with E-state index in [1.165, 1.54) is 30.0 Å². The summed E-state index contributed by atoms with van der Waals surface area (Å²) in [4.78, 5) is 9.83. The highest BCUT2D eigenvalue weighted by atomic mass is 15.3. The molecule has 1 aromatic rings. The minimum atomic E-state index is 0.939. The molecule has 1 saturated heterocycles. The molecule has 0 aliphatic carbocycles. The molecule has 1 aromatic heterocycles. The Bertz CT molecular complexity index is 425. The zero-order valence-electron chi connectivity index (χ0n) is 13.9. The van der Waals surface area contributed by atoms with Crippen molar-refractivity contribution < 1.29 is 0 Å². The minimum absolute atomic E-state index is 0.939. The maximum Gasteiger partial charge on any atom is 0.129 e. The Hall–Kier alpha value is -1.13. The molecule has 0 radical (unpaired) electrons. The van der Waals surface area contributed by atoms with Gasteiger partial charge in [0.05, 0.1) is 0 Å². The number of anilines is 1. The molecule has 0 unspecified atom stereocenters. The summed E-state index contributed by atoms with van der Waals surface area (Å²) in [6.07, 6.45) is 2.25. The maximum absolute atomic E-state index is 4.83. The maximum atomic E-state index is 4.83. The summed E-state index contributed by atoms with van der Waals surface area (Å²) in [5.41, 5.74) is 2.56.